The number of nitrogen functional groups attached to an aromatic ring is 1. The predicted molar refractivity (Wildman–Crippen MR) is 79.9 cm³/mol. The lowest BCUT2D eigenvalue weighted by Crippen LogP contribution is -2.27. The molecule has 1 saturated heterocycles. The third kappa shape index (κ3) is 3.75. The van der Waals surface area contributed by atoms with Crippen molar-refractivity contribution in [3.05, 3.63) is 12.1 Å². The molecule has 1 fully saturated rings. The molecule has 0 spiro atoms. The maximum Gasteiger partial charge on any atom is 0.239 e. The van der Waals surface area contributed by atoms with Crippen molar-refractivity contribution >= 4 is 21.3 Å². The molecule has 0 atom stereocenters. The second kappa shape index (κ2) is 5.87. The molecule has 1 aliphatic rings. The summed E-state index contributed by atoms with van der Waals surface area (Å²) in [7, 11) is -2.92. The second-order valence-electron chi connectivity index (χ2n) is 5.22. The van der Waals surface area contributed by atoms with Crippen LogP contribution in [0.5, 0.6) is 5.88 Å². The van der Waals surface area contributed by atoms with E-state index in [1.165, 1.54) is 0 Å². The van der Waals surface area contributed by atoms with Gasteiger partial charge in [0.15, 0.2) is 9.84 Å². The molecule has 20 heavy (non-hydrogen) atoms. The molecule has 0 aliphatic carbocycles. The topological polar surface area (TPSA) is 85.5 Å². The van der Waals surface area contributed by atoms with Crippen LogP contribution in [0.3, 0.4) is 0 Å². The van der Waals surface area contributed by atoms with E-state index in [2.05, 4.69) is 4.98 Å². The first kappa shape index (κ1) is 14.9. The van der Waals surface area contributed by atoms with Crippen molar-refractivity contribution in [2.24, 2.45) is 0 Å². The van der Waals surface area contributed by atoms with Crippen molar-refractivity contribution < 1.29 is 13.2 Å². The zero-order chi connectivity index (χ0) is 14.8. The van der Waals surface area contributed by atoms with Crippen LogP contribution in [-0.2, 0) is 9.84 Å². The van der Waals surface area contributed by atoms with Gasteiger partial charge in [-0.25, -0.2) is 8.42 Å². The molecule has 0 unspecified atom stereocenters. The number of pyridine rings is 1. The van der Waals surface area contributed by atoms with Crippen molar-refractivity contribution in [1.82, 2.24) is 4.98 Å². The third-order valence-corrected chi connectivity index (χ3v) is 4.82. The summed E-state index contributed by atoms with van der Waals surface area (Å²) in [4.78, 5) is 6.38. The molecule has 6 nitrogen and oxygen atoms in total. The van der Waals surface area contributed by atoms with Gasteiger partial charge >= 0.3 is 0 Å². The van der Waals surface area contributed by atoms with Gasteiger partial charge in [-0.15, -0.1) is 0 Å². The highest BCUT2D eigenvalue weighted by atomic mass is 32.2. The summed E-state index contributed by atoms with van der Waals surface area (Å²) in [5.41, 5.74) is 6.33. The summed E-state index contributed by atoms with van der Waals surface area (Å²) >= 11 is 0. The van der Waals surface area contributed by atoms with Crippen LogP contribution in [0, 0.1) is 0 Å². The van der Waals surface area contributed by atoms with Gasteiger partial charge in [0.2, 0.25) is 5.88 Å². The number of hydrogen-bond donors (Lipinski definition) is 1. The molecule has 0 bridgehead atoms. The van der Waals surface area contributed by atoms with Crippen molar-refractivity contribution in [1.29, 1.82) is 0 Å². The normalized spacial score (nSPS) is 18.9. The fourth-order valence-corrected chi connectivity index (χ4v) is 3.37. The summed E-state index contributed by atoms with van der Waals surface area (Å²) in [6.07, 6.45) is 0.610. The van der Waals surface area contributed by atoms with Gasteiger partial charge in [0.05, 0.1) is 23.3 Å². The number of rotatable bonds is 3. The van der Waals surface area contributed by atoms with Gasteiger partial charge in [0.25, 0.3) is 0 Å². The molecular formula is C13H21N3O3S. The Bertz CT molecular complexity index is 572. The predicted octanol–water partition coefficient (Wildman–Crippen LogP) is 1.08. The van der Waals surface area contributed by atoms with Crippen LogP contribution >= 0.6 is 0 Å². The Labute approximate surface area is 119 Å². The van der Waals surface area contributed by atoms with Gasteiger partial charge in [-0.2, -0.15) is 4.98 Å². The molecule has 2 N–H and O–H groups in total. The number of anilines is 2. The summed E-state index contributed by atoms with van der Waals surface area (Å²) < 4.78 is 28.8. The number of nitrogens with zero attached hydrogens (tertiary/aromatic N) is 2. The minimum Gasteiger partial charge on any atom is -0.473 e. The minimum atomic E-state index is -2.92. The van der Waals surface area contributed by atoms with Crippen molar-refractivity contribution in [2.75, 3.05) is 35.2 Å². The van der Waals surface area contributed by atoms with Gasteiger partial charge in [-0.05, 0) is 32.4 Å². The molecule has 112 valence electrons. The second-order valence-corrected chi connectivity index (χ2v) is 7.53. The lowest BCUT2D eigenvalue weighted by Gasteiger charge is -2.22. The molecule has 2 heterocycles. The van der Waals surface area contributed by atoms with Crippen LogP contribution in [0.2, 0.25) is 0 Å². The van der Waals surface area contributed by atoms with Crippen molar-refractivity contribution in [2.45, 2.75) is 26.4 Å². The first-order chi connectivity index (χ1) is 9.37. The summed E-state index contributed by atoms with van der Waals surface area (Å²) in [5.74, 6) is 1.53. The van der Waals surface area contributed by atoms with E-state index in [1.54, 1.807) is 12.1 Å². The van der Waals surface area contributed by atoms with E-state index in [1.807, 2.05) is 18.7 Å². The third-order valence-electron chi connectivity index (χ3n) is 3.10. The first-order valence-electron chi connectivity index (χ1n) is 6.76. The van der Waals surface area contributed by atoms with Crippen LogP contribution in [0.4, 0.5) is 11.5 Å². The number of nitrogens with two attached hydrogens (primary N) is 1. The standard InChI is InChI=1S/C13H21N3O3S/c1-10(2)19-13-11(14)4-5-12(15-13)16-6-3-8-20(17,18)9-7-16/h4-5,10H,3,6-9,14H2,1-2H3. The van der Waals surface area contributed by atoms with Crippen molar-refractivity contribution in [3.8, 4) is 5.88 Å². The Morgan fingerprint density at radius 1 is 1.30 bits per heavy atom. The van der Waals surface area contributed by atoms with Crippen LogP contribution in [-0.4, -0.2) is 44.1 Å². The van der Waals surface area contributed by atoms with Crippen LogP contribution < -0.4 is 15.4 Å². The average Bonchev–Trinajstić information content (AvgIpc) is 2.53. The lowest BCUT2D eigenvalue weighted by atomic mass is 10.3. The number of ether oxygens (including phenoxy) is 1. The molecule has 7 heteroatoms. The quantitative estimate of drug-likeness (QED) is 0.898. The number of aromatic nitrogens is 1. The van der Waals surface area contributed by atoms with Gasteiger partial charge in [0.1, 0.15) is 5.82 Å². The fourth-order valence-electron chi connectivity index (χ4n) is 2.10. The van der Waals surface area contributed by atoms with Gasteiger partial charge in [-0.1, -0.05) is 0 Å². The van der Waals surface area contributed by atoms with E-state index in [9.17, 15) is 8.42 Å². The fraction of sp³-hybridized carbons (Fsp3) is 0.615. The summed E-state index contributed by atoms with van der Waals surface area (Å²) in [6, 6.07) is 3.56. The SMILES string of the molecule is CC(C)Oc1nc(N2CCCS(=O)(=O)CC2)ccc1N. The highest BCUT2D eigenvalue weighted by Crippen LogP contribution is 2.25. The van der Waals surface area contributed by atoms with E-state index in [-0.39, 0.29) is 17.6 Å². The molecule has 0 radical (unpaired) electrons. The largest absolute Gasteiger partial charge is 0.473 e. The molecular weight excluding hydrogens is 278 g/mol. The van der Waals surface area contributed by atoms with Crippen LogP contribution in [0.1, 0.15) is 20.3 Å². The first-order valence-corrected chi connectivity index (χ1v) is 8.58. The Kier molecular flexibility index (Phi) is 4.37. The molecule has 1 aromatic rings. The molecule has 2 rings (SSSR count). The zero-order valence-electron chi connectivity index (χ0n) is 11.9. The molecule has 0 aromatic carbocycles. The molecule has 1 aromatic heterocycles. The minimum absolute atomic E-state index is 0.00967. The van der Waals surface area contributed by atoms with Gasteiger partial charge < -0.3 is 15.4 Å². The zero-order valence-corrected chi connectivity index (χ0v) is 12.7. The Balaban J connectivity index is 2.20. The van der Waals surface area contributed by atoms with E-state index in [0.29, 0.717) is 36.9 Å². The Morgan fingerprint density at radius 2 is 2.05 bits per heavy atom. The monoisotopic (exact) mass is 299 g/mol. The maximum absolute atomic E-state index is 11.6. The van der Waals surface area contributed by atoms with Gasteiger partial charge in [0, 0.05) is 13.1 Å². The molecule has 0 amide bonds. The summed E-state index contributed by atoms with van der Waals surface area (Å²) in [5, 5.41) is 0. The van der Waals surface area contributed by atoms with Crippen LogP contribution in [0.15, 0.2) is 12.1 Å². The van der Waals surface area contributed by atoms with Gasteiger partial charge in [-0.3, -0.25) is 0 Å². The maximum atomic E-state index is 11.6. The Hall–Kier alpha value is -1.50. The van der Waals surface area contributed by atoms with Crippen molar-refractivity contribution in [3.63, 3.8) is 0 Å². The van der Waals surface area contributed by atoms with E-state index in [4.69, 9.17) is 10.5 Å². The van der Waals surface area contributed by atoms with E-state index in [0.717, 1.165) is 0 Å². The smallest absolute Gasteiger partial charge is 0.239 e. The Morgan fingerprint density at radius 3 is 2.75 bits per heavy atom. The average molecular weight is 299 g/mol. The highest BCUT2D eigenvalue weighted by molar-refractivity contribution is 7.91. The molecule has 1 aliphatic heterocycles. The lowest BCUT2D eigenvalue weighted by molar-refractivity contribution is 0.234. The van der Waals surface area contributed by atoms with E-state index < -0.39 is 9.84 Å². The van der Waals surface area contributed by atoms with E-state index >= 15 is 0 Å². The molecule has 0 saturated carbocycles. The number of sulfone groups is 1. The highest BCUT2D eigenvalue weighted by Gasteiger charge is 2.20. The summed E-state index contributed by atoms with van der Waals surface area (Å²) in [6.45, 7) is 4.95. The van der Waals surface area contributed by atoms with Crippen LogP contribution in [0.25, 0.3) is 0 Å². The number of hydrogen-bond acceptors (Lipinski definition) is 6.